The topological polar surface area (TPSA) is 60.2 Å². The Morgan fingerprint density at radius 1 is 1.06 bits per heavy atom. The van der Waals surface area contributed by atoms with Crippen LogP contribution in [-0.4, -0.2) is 37.9 Å². The number of imide groups is 1. The molecule has 2 aromatic rings. The minimum atomic E-state index is -1.96. The van der Waals surface area contributed by atoms with Gasteiger partial charge in [-0.1, -0.05) is 63.3 Å². The van der Waals surface area contributed by atoms with E-state index in [0.717, 1.165) is 10.8 Å². The van der Waals surface area contributed by atoms with Crippen molar-refractivity contribution in [1.82, 2.24) is 0 Å². The van der Waals surface area contributed by atoms with Gasteiger partial charge in [0.15, 0.2) is 14.0 Å². The first kappa shape index (κ1) is 23.9. The molecule has 0 spiro atoms. The van der Waals surface area contributed by atoms with Gasteiger partial charge in [0.2, 0.25) is 11.8 Å². The van der Waals surface area contributed by atoms with Gasteiger partial charge in [0.05, 0.1) is 29.7 Å². The van der Waals surface area contributed by atoms with Crippen LogP contribution in [0.15, 0.2) is 48.6 Å². The van der Waals surface area contributed by atoms with Gasteiger partial charge in [0.1, 0.15) is 5.60 Å². The van der Waals surface area contributed by atoms with Gasteiger partial charge in [-0.2, -0.15) is 0 Å². The minimum Gasteiger partial charge on any atom is -0.417 e. The number of hydrogen-bond acceptors (Lipinski definition) is 4. The fourth-order valence-electron chi connectivity index (χ4n) is 5.63. The molecule has 2 bridgehead atoms. The summed E-state index contributed by atoms with van der Waals surface area (Å²) in [5.74, 6) is -1.64. The minimum absolute atomic E-state index is 0.0816. The lowest BCUT2D eigenvalue weighted by atomic mass is 9.71. The van der Waals surface area contributed by atoms with Crippen LogP contribution in [0.1, 0.15) is 34.1 Å². The zero-order chi connectivity index (χ0) is 25.4. The van der Waals surface area contributed by atoms with Crippen LogP contribution in [0.5, 0.6) is 0 Å². The van der Waals surface area contributed by atoms with Gasteiger partial charge in [0, 0.05) is 13.0 Å². The van der Waals surface area contributed by atoms with Crippen LogP contribution in [0.2, 0.25) is 18.1 Å². The van der Waals surface area contributed by atoms with Crippen molar-refractivity contribution in [2.75, 3.05) is 11.5 Å². The van der Waals surface area contributed by atoms with Gasteiger partial charge >= 0.3 is 0 Å². The van der Waals surface area contributed by atoms with Crippen molar-refractivity contribution in [2.45, 2.75) is 63.5 Å². The average molecular weight is 489 g/mol. The largest absolute Gasteiger partial charge is 0.417 e. The molecule has 3 heterocycles. The van der Waals surface area contributed by atoms with Gasteiger partial charge in [0.25, 0.3) is 0 Å². The summed E-state index contributed by atoms with van der Waals surface area (Å²) in [6, 6.07) is 10.8. The van der Waals surface area contributed by atoms with Crippen LogP contribution in [0.3, 0.4) is 0 Å². The highest BCUT2D eigenvalue weighted by Gasteiger charge is 2.72. The molecule has 35 heavy (non-hydrogen) atoms. The van der Waals surface area contributed by atoms with E-state index in [9.17, 15) is 9.59 Å². The maximum atomic E-state index is 14.0. The van der Waals surface area contributed by atoms with Crippen molar-refractivity contribution in [1.29, 1.82) is 0 Å². The molecule has 2 aromatic carbocycles. The van der Waals surface area contributed by atoms with Gasteiger partial charge in [-0.05, 0) is 41.9 Å². The van der Waals surface area contributed by atoms with Crippen molar-refractivity contribution in [3.63, 3.8) is 0 Å². The smallest absolute Gasteiger partial charge is 0.241 e. The number of hydrogen-bond donors (Lipinski definition) is 0. The van der Waals surface area contributed by atoms with Crippen molar-refractivity contribution in [3.05, 3.63) is 60.0 Å². The maximum Gasteiger partial charge on any atom is 0.241 e. The summed E-state index contributed by atoms with van der Waals surface area (Å²) >= 11 is 0. The van der Waals surface area contributed by atoms with Crippen molar-refractivity contribution in [3.8, 4) is 0 Å². The second-order valence-corrected chi connectivity index (χ2v) is 16.5. The monoisotopic (exact) mass is 488 g/mol. The van der Waals surface area contributed by atoms with Crippen LogP contribution in [0, 0.1) is 18.4 Å². The lowest BCUT2D eigenvalue weighted by molar-refractivity contribution is -0.129. The molecule has 2 unspecified atom stereocenters. The normalized spacial score (nSPS) is 29.8. The van der Waals surface area contributed by atoms with Crippen molar-refractivity contribution >= 4 is 42.3 Å². The van der Waals surface area contributed by atoms with Gasteiger partial charge in [-0.25, -0.2) is 9.74 Å². The molecule has 3 aliphatic heterocycles. The number of carbonyl (C=O) groups is 2. The zero-order valence-corrected chi connectivity index (χ0v) is 22.2. The molecule has 4 atom stereocenters. The Balaban J connectivity index is 1.50. The highest BCUT2D eigenvalue weighted by atomic mass is 28.4. The molecule has 2 amide bonds. The summed E-state index contributed by atoms with van der Waals surface area (Å²) < 4.78 is 12.9. The molecule has 182 valence electrons. The second-order valence-electron chi connectivity index (χ2n) is 11.7. The Morgan fingerprint density at radius 3 is 2.37 bits per heavy atom. The summed E-state index contributed by atoms with van der Waals surface area (Å²) in [5, 5.41) is 1.54. The first-order valence-corrected chi connectivity index (χ1v) is 15.1. The van der Waals surface area contributed by atoms with E-state index in [1.165, 1.54) is 4.90 Å². The fourth-order valence-corrected chi connectivity index (χ4v) is 6.67. The van der Waals surface area contributed by atoms with Crippen LogP contribution >= 0.6 is 0 Å². The number of ether oxygens (including phenoxy) is 1. The number of carbonyl (C=O) groups excluding carboxylic acids is 2. The van der Waals surface area contributed by atoms with Crippen molar-refractivity contribution in [2.24, 2.45) is 11.8 Å². The molecule has 0 aromatic heterocycles. The number of anilines is 1. The number of amides is 2. The molecule has 0 N–H and O–H groups in total. The maximum absolute atomic E-state index is 14.0. The number of benzene rings is 2. The quantitative estimate of drug-likeness (QED) is 0.224. The molecule has 0 saturated carbocycles. The Bertz CT molecular complexity index is 1320. The summed E-state index contributed by atoms with van der Waals surface area (Å²) in [6.07, 6.45) is 4.46. The van der Waals surface area contributed by atoms with E-state index in [2.05, 4.69) is 38.7 Å². The highest BCUT2D eigenvalue weighted by molar-refractivity contribution is 6.74. The molecule has 2 saturated heterocycles. The van der Waals surface area contributed by atoms with Gasteiger partial charge < -0.3 is 9.16 Å². The molecule has 0 radical (unpaired) electrons. The van der Waals surface area contributed by atoms with Gasteiger partial charge in [-0.3, -0.25) is 9.59 Å². The number of nitrogens with zero attached hydrogens (tertiary/aromatic N) is 2. The molecule has 3 aliphatic rings. The Morgan fingerprint density at radius 2 is 1.71 bits per heavy atom. The van der Waals surface area contributed by atoms with E-state index >= 15 is 0 Å². The summed E-state index contributed by atoms with van der Waals surface area (Å²) in [5.41, 5.74) is -0.640. The molecular weight excluding hydrogens is 456 g/mol. The standard InChI is InChI=1S/C28H32N2O4Si/c1-26(2,3)35(6,7)33-17-16-28-15-14-27(4,34-28)22-23(28)25(32)30(24(22)31)21-13-12-20(29-5)18-10-8-9-11-19(18)21/h8-15,22-23H,16-17H2,1-4,6-7H3/t22-,23+,27?,28?/m1/s1. The van der Waals surface area contributed by atoms with Crippen LogP contribution in [-0.2, 0) is 18.8 Å². The molecule has 0 aliphatic carbocycles. The van der Waals surface area contributed by atoms with E-state index in [1.807, 2.05) is 43.3 Å². The van der Waals surface area contributed by atoms with E-state index in [-0.39, 0.29) is 16.9 Å². The molecule has 5 rings (SSSR count). The third-order valence-electron chi connectivity index (χ3n) is 8.56. The predicted octanol–water partition coefficient (Wildman–Crippen LogP) is 6.01. The highest BCUT2D eigenvalue weighted by Crippen LogP contribution is 2.59. The Hall–Kier alpha value is -2.79. The van der Waals surface area contributed by atoms with E-state index in [1.54, 1.807) is 12.1 Å². The summed E-state index contributed by atoms with van der Waals surface area (Å²) in [6.45, 7) is 20.9. The lowest BCUT2D eigenvalue weighted by Crippen LogP contribution is -2.44. The number of rotatable bonds is 5. The molecule has 6 nitrogen and oxygen atoms in total. The molecular formula is C28H32N2O4Si. The Kier molecular flexibility index (Phi) is 5.20. The van der Waals surface area contributed by atoms with Crippen LogP contribution in [0.4, 0.5) is 11.4 Å². The lowest BCUT2D eigenvalue weighted by Gasteiger charge is -2.37. The summed E-state index contributed by atoms with van der Waals surface area (Å²) in [4.78, 5) is 32.7. The Labute approximate surface area is 207 Å². The zero-order valence-electron chi connectivity index (χ0n) is 21.2. The first-order valence-electron chi connectivity index (χ1n) is 12.2. The number of fused-ring (bicyclic) bond motifs is 6. The predicted molar refractivity (Wildman–Crippen MR) is 139 cm³/mol. The third-order valence-corrected chi connectivity index (χ3v) is 13.1. The SMILES string of the molecule is [C-]#[N+]c1ccc(N2C(=O)[C@@H]3[C@H](C2=O)C2(C)C=CC3(CCO[Si](C)(C)C(C)(C)C)O2)c2ccccc12. The molecule has 7 heteroatoms. The molecule has 2 fully saturated rings. The first-order chi connectivity index (χ1) is 16.4. The van der Waals surface area contributed by atoms with Gasteiger partial charge in [-0.15, -0.1) is 0 Å². The van der Waals surface area contributed by atoms with Crippen LogP contribution in [0.25, 0.3) is 15.6 Å². The third kappa shape index (κ3) is 3.35. The fraction of sp³-hybridized carbons (Fsp3) is 0.464. The van der Waals surface area contributed by atoms with Crippen molar-refractivity contribution < 1.29 is 18.8 Å². The van der Waals surface area contributed by atoms with E-state index < -0.39 is 31.4 Å². The summed E-state index contributed by atoms with van der Waals surface area (Å²) in [7, 11) is -1.96. The van der Waals surface area contributed by atoms with E-state index in [0.29, 0.717) is 24.4 Å². The van der Waals surface area contributed by atoms with E-state index in [4.69, 9.17) is 15.7 Å². The average Bonchev–Trinajstić information content (AvgIpc) is 3.37. The second kappa shape index (κ2) is 7.60. The van der Waals surface area contributed by atoms with Crippen LogP contribution < -0.4 is 4.90 Å².